The van der Waals surface area contributed by atoms with Crippen molar-refractivity contribution in [2.24, 2.45) is 11.1 Å². The molecule has 2 heteroatoms. The van der Waals surface area contributed by atoms with Crippen molar-refractivity contribution < 1.29 is 0 Å². The number of aromatic nitrogens is 1. The third-order valence-corrected chi connectivity index (χ3v) is 3.84. The van der Waals surface area contributed by atoms with Crippen molar-refractivity contribution in [1.29, 1.82) is 0 Å². The highest BCUT2D eigenvalue weighted by molar-refractivity contribution is 5.85. The van der Waals surface area contributed by atoms with E-state index in [1.54, 1.807) is 0 Å². The van der Waals surface area contributed by atoms with Gasteiger partial charge in [0.05, 0.1) is 0 Å². The molecule has 0 aliphatic heterocycles. The summed E-state index contributed by atoms with van der Waals surface area (Å²) in [5.41, 5.74) is 7.96. The van der Waals surface area contributed by atoms with Crippen LogP contribution in [-0.2, 0) is 0 Å². The average Bonchev–Trinajstić information content (AvgIpc) is 3.07. The number of hydrogen-bond donors (Lipinski definition) is 1. The van der Waals surface area contributed by atoms with Gasteiger partial charge in [0.1, 0.15) is 0 Å². The Morgan fingerprint density at radius 2 is 2.12 bits per heavy atom. The number of fused-ring (bicyclic) bond motifs is 1. The van der Waals surface area contributed by atoms with Crippen LogP contribution >= 0.6 is 0 Å². The highest BCUT2D eigenvalue weighted by Gasteiger charge is 2.43. The van der Waals surface area contributed by atoms with Crippen molar-refractivity contribution >= 4 is 10.8 Å². The summed E-state index contributed by atoms with van der Waals surface area (Å²) in [6.45, 7) is 2.28. The van der Waals surface area contributed by atoms with Crippen LogP contribution in [0.15, 0.2) is 36.7 Å². The fraction of sp³-hybridized carbons (Fsp3) is 0.357. The van der Waals surface area contributed by atoms with E-state index in [2.05, 4.69) is 36.2 Å². The first kappa shape index (κ1) is 9.79. The lowest BCUT2D eigenvalue weighted by atomic mass is 9.90. The van der Waals surface area contributed by atoms with Gasteiger partial charge >= 0.3 is 0 Å². The normalized spacial score (nSPS) is 19.6. The van der Waals surface area contributed by atoms with Gasteiger partial charge in [-0.05, 0) is 35.3 Å². The van der Waals surface area contributed by atoms with Gasteiger partial charge in [-0.25, -0.2) is 0 Å². The lowest BCUT2D eigenvalue weighted by Crippen LogP contribution is -2.20. The summed E-state index contributed by atoms with van der Waals surface area (Å²) in [6.07, 6.45) is 6.24. The smallest absolute Gasteiger partial charge is 0.0355 e. The number of pyridine rings is 1. The largest absolute Gasteiger partial charge is 0.323 e. The van der Waals surface area contributed by atoms with Gasteiger partial charge in [-0.3, -0.25) is 4.98 Å². The Morgan fingerprint density at radius 1 is 1.31 bits per heavy atom. The van der Waals surface area contributed by atoms with Crippen molar-refractivity contribution in [3.63, 3.8) is 0 Å². The van der Waals surface area contributed by atoms with Crippen LogP contribution in [0.25, 0.3) is 10.8 Å². The average molecular weight is 212 g/mol. The number of nitrogens with two attached hydrogens (primary N) is 1. The molecule has 1 heterocycles. The Balaban J connectivity index is 2.16. The molecular weight excluding hydrogens is 196 g/mol. The molecule has 16 heavy (non-hydrogen) atoms. The summed E-state index contributed by atoms with van der Waals surface area (Å²) in [5, 5.41) is 2.43. The second-order valence-electron chi connectivity index (χ2n) is 5.08. The van der Waals surface area contributed by atoms with E-state index in [4.69, 9.17) is 5.73 Å². The molecule has 2 N–H and O–H groups in total. The van der Waals surface area contributed by atoms with Crippen LogP contribution in [0.2, 0.25) is 0 Å². The molecule has 1 saturated carbocycles. The summed E-state index contributed by atoms with van der Waals surface area (Å²) in [7, 11) is 0. The number of hydrogen-bond acceptors (Lipinski definition) is 2. The maximum absolute atomic E-state index is 6.38. The standard InChI is InChI=1S/C14H16N2/c1-14(6-7-14)13(15)12-4-2-3-10-9-16-8-5-11(10)12/h2-5,8-9,13H,6-7,15H2,1H3. The van der Waals surface area contributed by atoms with Crippen LogP contribution in [0.5, 0.6) is 0 Å². The van der Waals surface area contributed by atoms with E-state index in [1.807, 2.05) is 12.4 Å². The maximum atomic E-state index is 6.38. The molecule has 0 saturated heterocycles. The predicted molar refractivity (Wildman–Crippen MR) is 66.0 cm³/mol. The van der Waals surface area contributed by atoms with Gasteiger partial charge < -0.3 is 5.73 Å². The SMILES string of the molecule is CC1(C(N)c2cccc3cnccc23)CC1. The highest BCUT2D eigenvalue weighted by Crippen LogP contribution is 2.53. The van der Waals surface area contributed by atoms with E-state index in [-0.39, 0.29) is 6.04 Å². The van der Waals surface area contributed by atoms with Gasteiger partial charge in [0.2, 0.25) is 0 Å². The summed E-state index contributed by atoms with van der Waals surface area (Å²) in [5.74, 6) is 0. The van der Waals surface area contributed by atoms with E-state index in [0.717, 1.165) is 0 Å². The van der Waals surface area contributed by atoms with E-state index in [1.165, 1.54) is 29.2 Å². The first-order valence-corrected chi connectivity index (χ1v) is 5.79. The molecule has 1 aromatic heterocycles. The quantitative estimate of drug-likeness (QED) is 0.831. The van der Waals surface area contributed by atoms with Gasteiger partial charge in [0, 0.05) is 23.8 Å². The Kier molecular flexibility index (Phi) is 2.01. The fourth-order valence-electron chi connectivity index (χ4n) is 2.30. The highest BCUT2D eigenvalue weighted by atomic mass is 14.7. The first-order chi connectivity index (χ1) is 7.71. The second-order valence-corrected chi connectivity index (χ2v) is 5.08. The van der Waals surface area contributed by atoms with Crippen LogP contribution in [0.1, 0.15) is 31.4 Å². The molecule has 1 unspecified atom stereocenters. The van der Waals surface area contributed by atoms with Gasteiger partial charge in [-0.15, -0.1) is 0 Å². The van der Waals surface area contributed by atoms with Crippen LogP contribution in [0.4, 0.5) is 0 Å². The minimum Gasteiger partial charge on any atom is -0.323 e. The molecule has 1 aliphatic carbocycles. The van der Waals surface area contributed by atoms with E-state index in [0.29, 0.717) is 5.41 Å². The van der Waals surface area contributed by atoms with Crippen LogP contribution < -0.4 is 5.73 Å². The van der Waals surface area contributed by atoms with Crippen molar-refractivity contribution in [2.75, 3.05) is 0 Å². The monoisotopic (exact) mass is 212 g/mol. The molecule has 2 nitrogen and oxygen atoms in total. The van der Waals surface area contributed by atoms with Crippen LogP contribution in [-0.4, -0.2) is 4.98 Å². The lowest BCUT2D eigenvalue weighted by Gasteiger charge is -2.20. The minimum absolute atomic E-state index is 0.151. The second kappa shape index (κ2) is 3.29. The topological polar surface area (TPSA) is 38.9 Å². The van der Waals surface area contributed by atoms with Crippen molar-refractivity contribution in [2.45, 2.75) is 25.8 Å². The predicted octanol–water partition coefficient (Wildman–Crippen LogP) is 3.03. The zero-order valence-corrected chi connectivity index (χ0v) is 9.48. The van der Waals surface area contributed by atoms with E-state index < -0.39 is 0 Å². The molecule has 0 amide bonds. The number of nitrogens with zero attached hydrogens (tertiary/aromatic N) is 1. The Hall–Kier alpha value is -1.41. The minimum atomic E-state index is 0.151. The molecule has 82 valence electrons. The summed E-state index contributed by atoms with van der Waals surface area (Å²) < 4.78 is 0. The zero-order chi connectivity index (χ0) is 11.2. The van der Waals surface area contributed by atoms with Gasteiger partial charge in [0.25, 0.3) is 0 Å². The summed E-state index contributed by atoms with van der Waals surface area (Å²) in [6, 6.07) is 8.53. The van der Waals surface area contributed by atoms with Crippen molar-refractivity contribution in [3.05, 3.63) is 42.2 Å². The lowest BCUT2D eigenvalue weighted by molar-refractivity contribution is 0.453. The fourth-order valence-corrected chi connectivity index (χ4v) is 2.30. The first-order valence-electron chi connectivity index (χ1n) is 5.79. The van der Waals surface area contributed by atoms with Crippen LogP contribution in [0, 0.1) is 5.41 Å². The Bertz CT molecular complexity index is 524. The molecule has 0 spiro atoms. The number of benzene rings is 1. The molecule has 1 aliphatic rings. The molecular formula is C14H16N2. The summed E-state index contributed by atoms with van der Waals surface area (Å²) in [4.78, 5) is 4.15. The molecule has 0 radical (unpaired) electrons. The molecule has 3 rings (SSSR count). The molecule has 2 aromatic rings. The maximum Gasteiger partial charge on any atom is 0.0355 e. The van der Waals surface area contributed by atoms with Gasteiger partial charge in [0.15, 0.2) is 0 Å². The number of rotatable bonds is 2. The third kappa shape index (κ3) is 1.41. The molecule has 0 bridgehead atoms. The third-order valence-electron chi connectivity index (χ3n) is 3.84. The van der Waals surface area contributed by atoms with Crippen molar-refractivity contribution in [1.82, 2.24) is 4.98 Å². The molecule has 1 aromatic carbocycles. The van der Waals surface area contributed by atoms with E-state index >= 15 is 0 Å². The van der Waals surface area contributed by atoms with Crippen molar-refractivity contribution in [3.8, 4) is 0 Å². The van der Waals surface area contributed by atoms with E-state index in [9.17, 15) is 0 Å². The van der Waals surface area contributed by atoms with Crippen LogP contribution in [0.3, 0.4) is 0 Å². The Morgan fingerprint density at radius 3 is 2.88 bits per heavy atom. The summed E-state index contributed by atoms with van der Waals surface area (Å²) >= 11 is 0. The molecule has 1 atom stereocenters. The molecule has 1 fully saturated rings. The van der Waals surface area contributed by atoms with Gasteiger partial charge in [-0.1, -0.05) is 25.1 Å². The Labute approximate surface area is 95.5 Å². The zero-order valence-electron chi connectivity index (χ0n) is 9.48. The van der Waals surface area contributed by atoms with Gasteiger partial charge in [-0.2, -0.15) is 0 Å².